The topological polar surface area (TPSA) is 68.1 Å². The molecule has 0 saturated carbocycles. The number of hydrogen-bond donors (Lipinski definition) is 2. The van der Waals surface area contributed by atoms with Gasteiger partial charge in [-0.15, -0.1) is 0 Å². The van der Waals surface area contributed by atoms with Crippen molar-refractivity contribution >= 4 is 22.9 Å². The molecule has 4 nitrogen and oxygen atoms in total. The number of benzene rings is 2. The lowest BCUT2D eigenvalue weighted by Gasteiger charge is -2.06. The van der Waals surface area contributed by atoms with Crippen LogP contribution in [-0.4, -0.2) is 18.4 Å². The number of nitrogens with one attached hydrogen (secondary N) is 1. The Bertz CT molecular complexity index is 806. The number of aromatic nitrogens is 1. The monoisotopic (exact) mass is 280 g/mol. The number of nitrogen functional groups attached to an aromatic ring is 1. The van der Waals surface area contributed by atoms with E-state index in [0.29, 0.717) is 12.1 Å². The van der Waals surface area contributed by atoms with Gasteiger partial charge in [-0.05, 0) is 42.0 Å². The van der Waals surface area contributed by atoms with E-state index in [1.54, 1.807) is 7.11 Å². The minimum atomic E-state index is 0.369. The first-order valence-electron chi connectivity index (χ1n) is 6.70. The SMILES string of the molecule is COc1ccc2[nH]c(-c3cc(N)ccc3CC=O)cc2c1. The normalized spacial score (nSPS) is 10.7. The number of aromatic amines is 1. The molecule has 0 fully saturated rings. The van der Waals surface area contributed by atoms with E-state index in [1.807, 2.05) is 42.5 Å². The van der Waals surface area contributed by atoms with Crippen LogP contribution >= 0.6 is 0 Å². The highest BCUT2D eigenvalue weighted by Crippen LogP contribution is 2.30. The highest BCUT2D eigenvalue weighted by Gasteiger charge is 2.09. The smallest absolute Gasteiger partial charge is 0.124 e. The van der Waals surface area contributed by atoms with Crippen molar-refractivity contribution in [3.05, 3.63) is 48.0 Å². The molecule has 0 aliphatic carbocycles. The zero-order valence-electron chi connectivity index (χ0n) is 11.7. The van der Waals surface area contributed by atoms with Crippen molar-refractivity contribution in [2.45, 2.75) is 6.42 Å². The van der Waals surface area contributed by atoms with Crippen molar-refractivity contribution in [2.75, 3.05) is 12.8 Å². The van der Waals surface area contributed by atoms with Crippen LogP contribution in [-0.2, 0) is 11.2 Å². The van der Waals surface area contributed by atoms with Gasteiger partial charge < -0.3 is 20.2 Å². The molecule has 0 radical (unpaired) electrons. The Labute approximate surface area is 122 Å². The number of hydrogen-bond acceptors (Lipinski definition) is 3. The van der Waals surface area contributed by atoms with Crippen molar-refractivity contribution in [1.29, 1.82) is 0 Å². The highest BCUT2D eigenvalue weighted by atomic mass is 16.5. The number of H-pyrrole nitrogens is 1. The van der Waals surface area contributed by atoms with E-state index >= 15 is 0 Å². The summed E-state index contributed by atoms with van der Waals surface area (Å²) in [5, 5.41) is 1.06. The van der Waals surface area contributed by atoms with Crippen molar-refractivity contribution < 1.29 is 9.53 Å². The Morgan fingerprint density at radius 1 is 1.19 bits per heavy atom. The predicted molar refractivity (Wildman–Crippen MR) is 84.5 cm³/mol. The van der Waals surface area contributed by atoms with Gasteiger partial charge in [0.05, 0.1) is 7.11 Å². The fraction of sp³-hybridized carbons (Fsp3) is 0.118. The third-order valence-corrected chi connectivity index (χ3v) is 3.56. The molecule has 1 heterocycles. The van der Waals surface area contributed by atoms with Crippen LogP contribution in [0.2, 0.25) is 0 Å². The number of rotatable bonds is 4. The van der Waals surface area contributed by atoms with Gasteiger partial charge in [0.2, 0.25) is 0 Å². The summed E-state index contributed by atoms with van der Waals surface area (Å²) < 4.78 is 5.24. The molecule has 106 valence electrons. The maximum Gasteiger partial charge on any atom is 0.124 e. The van der Waals surface area contributed by atoms with Gasteiger partial charge in [-0.2, -0.15) is 0 Å². The number of aldehydes is 1. The van der Waals surface area contributed by atoms with E-state index in [4.69, 9.17) is 10.5 Å². The molecular formula is C17H16N2O2. The lowest BCUT2D eigenvalue weighted by Crippen LogP contribution is -1.94. The molecule has 0 atom stereocenters. The molecule has 3 aromatic rings. The van der Waals surface area contributed by atoms with Crippen LogP contribution in [0.5, 0.6) is 5.75 Å². The van der Waals surface area contributed by atoms with Crippen molar-refractivity contribution in [3.8, 4) is 17.0 Å². The minimum Gasteiger partial charge on any atom is -0.497 e. The summed E-state index contributed by atoms with van der Waals surface area (Å²) >= 11 is 0. The van der Waals surface area contributed by atoms with Crippen LogP contribution in [0, 0.1) is 0 Å². The first-order valence-corrected chi connectivity index (χ1v) is 6.70. The molecule has 0 aliphatic heterocycles. The van der Waals surface area contributed by atoms with Gasteiger partial charge in [0.15, 0.2) is 0 Å². The fourth-order valence-corrected chi connectivity index (χ4v) is 2.50. The Balaban J connectivity index is 2.15. The second-order valence-corrected chi connectivity index (χ2v) is 4.92. The van der Waals surface area contributed by atoms with Crippen LogP contribution < -0.4 is 10.5 Å². The molecule has 21 heavy (non-hydrogen) atoms. The first-order chi connectivity index (χ1) is 10.2. The predicted octanol–water partition coefficient (Wildman–Crippen LogP) is 3.17. The molecule has 3 rings (SSSR count). The molecule has 0 aliphatic rings. The van der Waals surface area contributed by atoms with Crippen molar-refractivity contribution in [1.82, 2.24) is 4.98 Å². The molecule has 0 unspecified atom stereocenters. The molecule has 1 aromatic heterocycles. The average Bonchev–Trinajstić information content (AvgIpc) is 2.92. The number of anilines is 1. The van der Waals surface area contributed by atoms with E-state index in [1.165, 1.54) is 0 Å². The van der Waals surface area contributed by atoms with Crippen LogP contribution in [0.15, 0.2) is 42.5 Å². The zero-order valence-corrected chi connectivity index (χ0v) is 11.7. The van der Waals surface area contributed by atoms with Crippen LogP contribution in [0.3, 0.4) is 0 Å². The van der Waals surface area contributed by atoms with E-state index < -0.39 is 0 Å². The second kappa shape index (κ2) is 5.32. The number of methoxy groups -OCH3 is 1. The van der Waals surface area contributed by atoms with Gasteiger partial charge in [-0.3, -0.25) is 0 Å². The third kappa shape index (κ3) is 2.48. The van der Waals surface area contributed by atoms with Crippen molar-refractivity contribution in [2.24, 2.45) is 0 Å². The van der Waals surface area contributed by atoms with E-state index in [-0.39, 0.29) is 0 Å². The van der Waals surface area contributed by atoms with Crippen LogP contribution in [0.4, 0.5) is 5.69 Å². The Morgan fingerprint density at radius 3 is 2.81 bits per heavy atom. The van der Waals surface area contributed by atoms with E-state index in [2.05, 4.69) is 4.98 Å². The Kier molecular flexibility index (Phi) is 3.36. The Morgan fingerprint density at radius 2 is 2.05 bits per heavy atom. The number of nitrogens with two attached hydrogens (primary N) is 1. The maximum atomic E-state index is 10.8. The van der Waals surface area contributed by atoms with E-state index in [9.17, 15) is 4.79 Å². The maximum absolute atomic E-state index is 10.8. The van der Waals surface area contributed by atoms with Gasteiger partial charge in [0.25, 0.3) is 0 Å². The van der Waals surface area contributed by atoms with Crippen LogP contribution in [0.25, 0.3) is 22.2 Å². The molecule has 0 amide bonds. The van der Waals surface area contributed by atoms with Gasteiger partial charge in [-0.1, -0.05) is 6.07 Å². The summed E-state index contributed by atoms with van der Waals surface area (Å²) in [6.07, 6.45) is 1.27. The third-order valence-electron chi connectivity index (χ3n) is 3.56. The molecule has 2 aromatic carbocycles. The van der Waals surface area contributed by atoms with Gasteiger partial charge in [0, 0.05) is 34.3 Å². The molecule has 0 bridgehead atoms. The lowest BCUT2D eigenvalue weighted by molar-refractivity contribution is -0.107. The summed E-state index contributed by atoms with van der Waals surface area (Å²) in [7, 11) is 1.65. The summed E-state index contributed by atoms with van der Waals surface area (Å²) in [5.41, 5.74) is 10.4. The van der Waals surface area contributed by atoms with Gasteiger partial charge in [0.1, 0.15) is 12.0 Å². The molecule has 0 spiro atoms. The largest absolute Gasteiger partial charge is 0.497 e. The quantitative estimate of drug-likeness (QED) is 0.569. The van der Waals surface area contributed by atoms with Gasteiger partial charge >= 0.3 is 0 Å². The van der Waals surface area contributed by atoms with Gasteiger partial charge in [-0.25, -0.2) is 0 Å². The molecular weight excluding hydrogens is 264 g/mol. The zero-order chi connectivity index (χ0) is 14.8. The summed E-state index contributed by atoms with van der Waals surface area (Å²) in [6, 6.07) is 13.5. The Hall–Kier alpha value is -2.75. The first kappa shape index (κ1) is 13.2. The summed E-state index contributed by atoms with van der Waals surface area (Å²) in [6.45, 7) is 0. The molecule has 4 heteroatoms. The number of carbonyl (C=O) groups is 1. The molecule has 3 N–H and O–H groups in total. The standard InChI is InChI=1S/C17H16N2O2/c1-21-14-4-5-16-12(8-14)9-17(19-16)15-10-13(18)3-2-11(15)6-7-20/h2-5,7-10,19H,6,18H2,1H3. The number of fused-ring (bicyclic) bond motifs is 1. The fourth-order valence-electron chi connectivity index (χ4n) is 2.50. The lowest BCUT2D eigenvalue weighted by atomic mass is 10.0. The highest BCUT2D eigenvalue weighted by molar-refractivity contribution is 5.88. The minimum absolute atomic E-state index is 0.369. The number of carbonyl (C=O) groups excluding carboxylic acids is 1. The summed E-state index contributed by atoms with van der Waals surface area (Å²) in [5.74, 6) is 0.814. The second-order valence-electron chi connectivity index (χ2n) is 4.92. The van der Waals surface area contributed by atoms with Crippen molar-refractivity contribution in [3.63, 3.8) is 0 Å². The van der Waals surface area contributed by atoms with Crippen LogP contribution in [0.1, 0.15) is 5.56 Å². The van der Waals surface area contributed by atoms with E-state index in [0.717, 1.165) is 39.8 Å². The number of ether oxygens (including phenoxy) is 1. The summed E-state index contributed by atoms with van der Waals surface area (Å²) in [4.78, 5) is 14.2. The average molecular weight is 280 g/mol. The molecule has 0 saturated heterocycles.